The molecule has 0 aliphatic rings. The molecule has 2 nitrogen and oxygen atoms in total. The molecule has 4 aromatic carbocycles. The fourth-order valence-corrected chi connectivity index (χ4v) is 4.54. The summed E-state index contributed by atoms with van der Waals surface area (Å²) in [6.45, 7) is 1.54. The van der Waals surface area contributed by atoms with Gasteiger partial charge in [-0.3, -0.25) is 4.79 Å². The van der Waals surface area contributed by atoms with Crippen molar-refractivity contribution in [3.63, 3.8) is 0 Å². The third kappa shape index (κ3) is 6.62. The van der Waals surface area contributed by atoms with E-state index in [0.29, 0.717) is 11.1 Å². The first kappa shape index (κ1) is 28.7. The van der Waals surface area contributed by atoms with Gasteiger partial charge in [0.05, 0.1) is 16.7 Å². The summed E-state index contributed by atoms with van der Waals surface area (Å²) in [6, 6.07) is 26.1. The van der Waals surface area contributed by atoms with Crippen LogP contribution in [0.3, 0.4) is 0 Å². The largest absolute Gasteiger partial charge is 0.416 e. The van der Waals surface area contributed by atoms with Gasteiger partial charge in [0.2, 0.25) is 5.91 Å². The number of carbonyl (C=O) groups excluding carboxylic acids is 1. The van der Waals surface area contributed by atoms with E-state index in [1.165, 1.54) is 31.2 Å². The molecule has 0 aliphatic heterocycles. The van der Waals surface area contributed by atoms with E-state index >= 15 is 0 Å². The highest BCUT2D eigenvalue weighted by atomic mass is 19.4. The number of halogens is 6. The van der Waals surface area contributed by atoms with Crippen molar-refractivity contribution in [3.05, 3.63) is 148 Å². The van der Waals surface area contributed by atoms with E-state index in [-0.39, 0.29) is 23.1 Å². The van der Waals surface area contributed by atoms with Crippen LogP contribution in [-0.4, -0.2) is 5.91 Å². The molecule has 0 radical (unpaired) electrons. The number of hydrogen-bond donors (Lipinski definition) is 1. The fraction of sp³-hybridized carbons (Fsp3) is 0.156. The van der Waals surface area contributed by atoms with Crippen LogP contribution in [0, 0.1) is 0 Å². The summed E-state index contributed by atoms with van der Waals surface area (Å²) in [7, 11) is 0. The van der Waals surface area contributed by atoms with Gasteiger partial charge in [-0.25, -0.2) is 0 Å². The maximum atomic E-state index is 13.8. The summed E-state index contributed by atoms with van der Waals surface area (Å²) >= 11 is 0. The lowest BCUT2D eigenvalue weighted by Crippen LogP contribution is -2.49. The first-order valence-electron chi connectivity index (χ1n) is 12.3. The van der Waals surface area contributed by atoms with E-state index in [1.54, 1.807) is 66.7 Å². The Balaban J connectivity index is 1.96. The molecule has 8 heteroatoms. The number of nitrogens with one attached hydrogen (secondary N) is 1. The Morgan fingerprint density at radius 1 is 0.650 bits per heavy atom. The quantitative estimate of drug-likeness (QED) is 0.181. The summed E-state index contributed by atoms with van der Waals surface area (Å²) in [5, 5.41) is 2.85. The second-order valence-corrected chi connectivity index (χ2v) is 9.42. The van der Waals surface area contributed by atoms with Gasteiger partial charge in [0.25, 0.3) is 0 Å². The van der Waals surface area contributed by atoms with Crippen LogP contribution in [0.2, 0.25) is 0 Å². The molecule has 0 atom stereocenters. The molecule has 1 amide bonds. The molecule has 0 fully saturated rings. The van der Waals surface area contributed by atoms with Crippen molar-refractivity contribution in [2.24, 2.45) is 0 Å². The molecule has 4 rings (SSSR count). The number of carbonyl (C=O) groups is 1. The number of hydrogen-bond acceptors (Lipinski definition) is 1. The highest BCUT2D eigenvalue weighted by Gasteiger charge is 2.41. The van der Waals surface area contributed by atoms with E-state index in [4.69, 9.17) is 0 Å². The van der Waals surface area contributed by atoms with Gasteiger partial charge in [-0.2, -0.15) is 26.3 Å². The van der Waals surface area contributed by atoms with Crippen LogP contribution in [0.5, 0.6) is 0 Å². The standard InChI is InChI=1S/C32H25F6NO/c1-22(18-23-10-4-2-5-11-23)29(40)39-30(21-24-12-6-3-7-13-24,25-14-8-16-27(19-25)31(33,34)35)26-15-9-17-28(20-26)32(36,37)38/h2-20H,21H2,1H3,(H,39,40). The van der Waals surface area contributed by atoms with Gasteiger partial charge in [-0.1, -0.05) is 84.9 Å². The number of amides is 1. The second-order valence-electron chi connectivity index (χ2n) is 9.42. The van der Waals surface area contributed by atoms with Crippen molar-refractivity contribution in [2.45, 2.75) is 31.2 Å². The lowest BCUT2D eigenvalue weighted by Gasteiger charge is -2.37. The molecule has 0 heterocycles. The van der Waals surface area contributed by atoms with Gasteiger partial charge in [-0.05, 0) is 59.5 Å². The third-order valence-corrected chi connectivity index (χ3v) is 6.55. The Hall–Kier alpha value is -4.33. The molecule has 4 aromatic rings. The summed E-state index contributed by atoms with van der Waals surface area (Å²) in [6.07, 6.45) is -7.94. The Morgan fingerprint density at radius 3 is 1.57 bits per heavy atom. The molecule has 0 aromatic heterocycles. The molecule has 40 heavy (non-hydrogen) atoms. The summed E-state index contributed by atoms with van der Waals surface area (Å²) < 4.78 is 82.8. The topological polar surface area (TPSA) is 29.1 Å². The zero-order valence-electron chi connectivity index (χ0n) is 21.4. The highest BCUT2D eigenvalue weighted by Crippen LogP contribution is 2.40. The fourth-order valence-electron chi connectivity index (χ4n) is 4.54. The molecular formula is C32H25F6NO. The van der Waals surface area contributed by atoms with E-state index < -0.39 is 34.9 Å². The van der Waals surface area contributed by atoms with Crippen LogP contribution in [-0.2, 0) is 29.1 Å². The Labute approximate surface area is 228 Å². The summed E-state index contributed by atoms with van der Waals surface area (Å²) in [5.74, 6) is -0.644. The van der Waals surface area contributed by atoms with Gasteiger partial charge in [0.1, 0.15) is 0 Å². The van der Waals surface area contributed by atoms with Crippen LogP contribution in [0.25, 0.3) is 6.08 Å². The molecule has 1 N–H and O–H groups in total. The second kappa shape index (κ2) is 11.4. The van der Waals surface area contributed by atoms with Crippen molar-refractivity contribution in [2.75, 3.05) is 0 Å². The minimum atomic E-state index is -4.71. The Bertz CT molecular complexity index is 1430. The van der Waals surface area contributed by atoms with Crippen molar-refractivity contribution in [3.8, 4) is 0 Å². The maximum Gasteiger partial charge on any atom is 0.416 e. The summed E-state index contributed by atoms with van der Waals surface area (Å²) in [5.41, 5.74) is -2.24. The molecule has 0 saturated heterocycles. The predicted molar refractivity (Wildman–Crippen MR) is 142 cm³/mol. The molecule has 206 valence electrons. The number of rotatable bonds is 7. The molecule has 0 aliphatic carbocycles. The van der Waals surface area contributed by atoms with Crippen molar-refractivity contribution in [1.82, 2.24) is 5.32 Å². The van der Waals surface area contributed by atoms with Crippen LogP contribution in [0.15, 0.2) is 115 Å². The first-order chi connectivity index (χ1) is 18.9. The van der Waals surface area contributed by atoms with Crippen LogP contribution in [0.1, 0.15) is 40.3 Å². The minimum Gasteiger partial charge on any atom is -0.338 e. The van der Waals surface area contributed by atoms with Gasteiger partial charge in [0.15, 0.2) is 0 Å². The average molecular weight is 554 g/mol. The molecule has 0 unspecified atom stereocenters. The monoisotopic (exact) mass is 553 g/mol. The minimum absolute atomic E-state index is 0.00800. The third-order valence-electron chi connectivity index (χ3n) is 6.55. The highest BCUT2D eigenvalue weighted by molar-refractivity contribution is 5.98. The van der Waals surface area contributed by atoms with E-state index in [1.807, 2.05) is 0 Å². The SMILES string of the molecule is CC(=Cc1ccccc1)C(=O)NC(Cc1ccccc1)(c1cccc(C(F)(F)F)c1)c1cccc(C(F)(F)F)c1. The van der Waals surface area contributed by atoms with Crippen molar-refractivity contribution >= 4 is 12.0 Å². The normalized spacial score (nSPS) is 12.7. The van der Waals surface area contributed by atoms with E-state index in [2.05, 4.69) is 5.32 Å². The van der Waals surface area contributed by atoms with Crippen LogP contribution < -0.4 is 5.32 Å². The van der Waals surface area contributed by atoms with Crippen LogP contribution in [0.4, 0.5) is 26.3 Å². The number of alkyl halides is 6. The van der Waals surface area contributed by atoms with Gasteiger partial charge >= 0.3 is 12.4 Å². The lowest BCUT2D eigenvalue weighted by atomic mass is 9.76. The molecule has 0 bridgehead atoms. The Morgan fingerprint density at radius 2 is 1.10 bits per heavy atom. The molecular weight excluding hydrogens is 528 g/mol. The van der Waals surface area contributed by atoms with Crippen molar-refractivity contribution < 1.29 is 31.1 Å². The zero-order valence-corrected chi connectivity index (χ0v) is 21.4. The van der Waals surface area contributed by atoms with Gasteiger partial charge in [-0.15, -0.1) is 0 Å². The number of benzene rings is 4. The smallest absolute Gasteiger partial charge is 0.338 e. The van der Waals surface area contributed by atoms with Crippen LogP contribution >= 0.6 is 0 Å². The maximum absolute atomic E-state index is 13.8. The summed E-state index contributed by atoms with van der Waals surface area (Å²) in [4.78, 5) is 13.6. The zero-order chi connectivity index (χ0) is 29.0. The molecule has 0 spiro atoms. The van der Waals surface area contributed by atoms with Crippen molar-refractivity contribution in [1.29, 1.82) is 0 Å². The first-order valence-corrected chi connectivity index (χ1v) is 12.3. The van der Waals surface area contributed by atoms with E-state index in [9.17, 15) is 31.1 Å². The Kier molecular flexibility index (Phi) is 8.18. The lowest BCUT2D eigenvalue weighted by molar-refractivity contribution is -0.138. The van der Waals surface area contributed by atoms with E-state index in [0.717, 1.165) is 24.3 Å². The predicted octanol–water partition coefficient (Wildman–Crippen LogP) is 8.43. The van der Waals surface area contributed by atoms with Gasteiger partial charge in [0, 0.05) is 12.0 Å². The molecule has 0 saturated carbocycles. The average Bonchev–Trinajstić information content (AvgIpc) is 2.93. The van der Waals surface area contributed by atoms with Gasteiger partial charge < -0.3 is 5.32 Å².